The Balaban J connectivity index is 1.65. The summed E-state index contributed by atoms with van der Waals surface area (Å²) in [6.45, 7) is 3.25. The molecule has 1 atom stereocenters. The molecule has 0 radical (unpaired) electrons. The van der Waals surface area contributed by atoms with Gasteiger partial charge in [-0.3, -0.25) is 10.1 Å². The van der Waals surface area contributed by atoms with Crippen LogP contribution in [0.1, 0.15) is 22.3 Å². The number of fused-ring (bicyclic) bond motifs is 1. The number of ether oxygens (including phenoxy) is 1. The van der Waals surface area contributed by atoms with E-state index < -0.39 is 18.0 Å². The standard InChI is InChI=1S/C14H12N4O4S/c1-7(12(19)16-14-18-17-8(2)23-14)22-13(20)9-3-4-10-11(5-9)21-6-15-10/h3-7H,1-2H3,(H,16,18,19). The molecular weight excluding hydrogens is 320 g/mol. The number of rotatable bonds is 4. The number of hydrogen-bond acceptors (Lipinski definition) is 8. The van der Waals surface area contributed by atoms with Crippen LogP contribution >= 0.6 is 11.3 Å². The van der Waals surface area contributed by atoms with Gasteiger partial charge in [0.1, 0.15) is 10.5 Å². The number of carbonyl (C=O) groups is 2. The zero-order chi connectivity index (χ0) is 16.4. The van der Waals surface area contributed by atoms with Gasteiger partial charge in [-0.15, -0.1) is 10.2 Å². The Labute approximate surface area is 134 Å². The highest BCUT2D eigenvalue weighted by molar-refractivity contribution is 7.15. The van der Waals surface area contributed by atoms with E-state index in [-0.39, 0.29) is 5.56 Å². The number of oxazole rings is 1. The molecule has 118 valence electrons. The lowest BCUT2D eigenvalue weighted by Gasteiger charge is -2.12. The van der Waals surface area contributed by atoms with Crippen LogP contribution in [-0.2, 0) is 9.53 Å². The molecule has 0 saturated carbocycles. The van der Waals surface area contributed by atoms with Gasteiger partial charge in [-0.1, -0.05) is 11.3 Å². The maximum absolute atomic E-state index is 12.1. The van der Waals surface area contributed by atoms with Crippen LogP contribution in [0, 0.1) is 6.92 Å². The summed E-state index contributed by atoms with van der Waals surface area (Å²) in [7, 11) is 0. The minimum absolute atomic E-state index is 0.278. The first-order chi connectivity index (χ1) is 11.0. The van der Waals surface area contributed by atoms with Crippen LogP contribution in [0.15, 0.2) is 29.0 Å². The number of esters is 1. The number of nitrogens with one attached hydrogen (secondary N) is 1. The Kier molecular flexibility index (Phi) is 4.02. The maximum atomic E-state index is 12.1. The summed E-state index contributed by atoms with van der Waals surface area (Å²) in [5, 5.41) is 11.2. The second-order valence-corrected chi connectivity index (χ2v) is 5.88. The Morgan fingerprint density at radius 3 is 2.91 bits per heavy atom. The second-order valence-electron chi connectivity index (χ2n) is 4.70. The van der Waals surface area contributed by atoms with Crippen molar-refractivity contribution in [3.63, 3.8) is 0 Å². The van der Waals surface area contributed by atoms with E-state index in [1.54, 1.807) is 19.1 Å². The average molecular weight is 332 g/mol. The fourth-order valence-electron chi connectivity index (χ4n) is 1.82. The molecule has 0 bridgehead atoms. The summed E-state index contributed by atoms with van der Waals surface area (Å²) < 4.78 is 10.3. The van der Waals surface area contributed by atoms with Gasteiger partial charge in [0.15, 0.2) is 18.1 Å². The quantitative estimate of drug-likeness (QED) is 0.729. The van der Waals surface area contributed by atoms with Crippen LogP contribution in [0.3, 0.4) is 0 Å². The van der Waals surface area contributed by atoms with Crippen LogP contribution in [0.4, 0.5) is 5.13 Å². The molecule has 0 saturated heterocycles. The van der Waals surface area contributed by atoms with Crippen molar-refractivity contribution in [2.75, 3.05) is 5.32 Å². The van der Waals surface area contributed by atoms with Crippen LogP contribution in [0.2, 0.25) is 0 Å². The highest BCUT2D eigenvalue weighted by Gasteiger charge is 2.20. The first kappa shape index (κ1) is 15.1. The fraction of sp³-hybridized carbons (Fsp3) is 0.214. The molecule has 0 spiro atoms. The number of aromatic nitrogens is 3. The van der Waals surface area contributed by atoms with E-state index in [1.807, 2.05) is 0 Å². The maximum Gasteiger partial charge on any atom is 0.339 e. The number of carbonyl (C=O) groups excluding carboxylic acids is 2. The monoisotopic (exact) mass is 332 g/mol. The largest absolute Gasteiger partial charge is 0.449 e. The third-order valence-corrected chi connectivity index (χ3v) is 3.73. The zero-order valence-electron chi connectivity index (χ0n) is 12.3. The molecular formula is C14H12N4O4S. The Hall–Kier alpha value is -2.81. The molecule has 1 N–H and O–H groups in total. The summed E-state index contributed by atoms with van der Waals surface area (Å²) in [5.41, 5.74) is 1.39. The van der Waals surface area contributed by atoms with Crippen molar-refractivity contribution in [1.29, 1.82) is 0 Å². The van der Waals surface area contributed by atoms with E-state index in [1.165, 1.54) is 30.7 Å². The SMILES string of the molecule is Cc1nnc(NC(=O)C(C)OC(=O)c2ccc3ncoc3c2)s1. The molecule has 2 heterocycles. The van der Waals surface area contributed by atoms with Crippen molar-refractivity contribution in [1.82, 2.24) is 15.2 Å². The van der Waals surface area contributed by atoms with Gasteiger partial charge in [0.2, 0.25) is 5.13 Å². The molecule has 0 fully saturated rings. The molecule has 1 aromatic carbocycles. The Morgan fingerprint density at radius 2 is 2.17 bits per heavy atom. The van der Waals surface area contributed by atoms with E-state index in [0.717, 1.165) is 5.01 Å². The van der Waals surface area contributed by atoms with Crippen molar-refractivity contribution in [2.24, 2.45) is 0 Å². The van der Waals surface area contributed by atoms with Crippen molar-refractivity contribution < 1.29 is 18.7 Å². The topological polar surface area (TPSA) is 107 Å². The van der Waals surface area contributed by atoms with Crippen molar-refractivity contribution in [2.45, 2.75) is 20.0 Å². The molecule has 0 aliphatic heterocycles. The third kappa shape index (κ3) is 3.34. The van der Waals surface area contributed by atoms with Gasteiger partial charge in [-0.2, -0.15) is 0 Å². The van der Waals surface area contributed by atoms with Crippen molar-refractivity contribution in [3.05, 3.63) is 35.2 Å². The number of hydrogen-bond donors (Lipinski definition) is 1. The highest BCUT2D eigenvalue weighted by atomic mass is 32.1. The second kappa shape index (κ2) is 6.13. The van der Waals surface area contributed by atoms with Gasteiger partial charge in [0, 0.05) is 0 Å². The Morgan fingerprint density at radius 1 is 1.35 bits per heavy atom. The third-order valence-electron chi connectivity index (χ3n) is 2.98. The molecule has 3 rings (SSSR count). The van der Waals surface area contributed by atoms with Gasteiger partial charge >= 0.3 is 5.97 Å². The van der Waals surface area contributed by atoms with Gasteiger partial charge in [-0.05, 0) is 32.0 Å². The van der Waals surface area contributed by atoms with E-state index in [4.69, 9.17) is 9.15 Å². The lowest BCUT2D eigenvalue weighted by Crippen LogP contribution is -2.30. The lowest BCUT2D eigenvalue weighted by molar-refractivity contribution is -0.123. The minimum atomic E-state index is -0.975. The van der Waals surface area contributed by atoms with Gasteiger partial charge < -0.3 is 9.15 Å². The molecule has 8 nitrogen and oxygen atoms in total. The number of benzene rings is 1. The molecule has 9 heteroatoms. The fourth-order valence-corrected chi connectivity index (χ4v) is 2.41. The molecule has 1 amide bonds. The van der Waals surface area contributed by atoms with Crippen LogP contribution in [-0.4, -0.2) is 33.2 Å². The predicted octanol–water partition coefficient (Wildman–Crippen LogP) is 2.17. The minimum Gasteiger partial charge on any atom is -0.449 e. The van der Waals surface area contributed by atoms with Crippen LogP contribution < -0.4 is 5.32 Å². The molecule has 1 unspecified atom stereocenters. The number of amides is 1. The van der Waals surface area contributed by atoms with Crippen molar-refractivity contribution >= 4 is 39.4 Å². The summed E-state index contributed by atoms with van der Waals surface area (Å²) >= 11 is 1.24. The summed E-state index contributed by atoms with van der Waals surface area (Å²) in [6.07, 6.45) is 0.317. The summed E-state index contributed by atoms with van der Waals surface area (Å²) in [4.78, 5) is 28.0. The number of nitrogens with zero attached hydrogens (tertiary/aromatic N) is 3. The van der Waals surface area contributed by atoms with Crippen LogP contribution in [0.5, 0.6) is 0 Å². The first-order valence-electron chi connectivity index (χ1n) is 6.68. The van der Waals surface area contributed by atoms with E-state index in [2.05, 4.69) is 20.5 Å². The summed E-state index contributed by atoms with van der Waals surface area (Å²) in [5.74, 6) is -1.10. The zero-order valence-corrected chi connectivity index (χ0v) is 13.1. The van der Waals surface area contributed by atoms with Gasteiger partial charge in [-0.25, -0.2) is 9.78 Å². The molecule has 0 aliphatic carbocycles. The van der Waals surface area contributed by atoms with Gasteiger partial charge in [0.25, 0.3) is 5.91 Å². The normalized spacial score (nSPS) is 12.1. The lowest BCUT2D eigenvalue weighted by atomic mass is 10.2. The molecule has 0 aliphatic rings. The van der Waals surface area contributed by atoms with E-state index >= 15 is 0 Å². The number of aryl methyl sites for hydroxylation is 1. The molecule has 2 aromatic heterocycles. The van der Waals surface area contributed by atoms with Gasteiger partial charge in [0.05, 0.1) is 5.56 Å². The number of anilines is 1. The van der Waals surface area contributed by atoms with E-state index in [9.17, 15) is 9.59 Å². The average Bonchev–Trinajstić information content (AvgIpc) is 3.14. The van der Waals surface area contributed by atoms with Crippen LogP contribution in [0.25, 0.3) is 11.1 Å². The molecule has 23 heavy (non-hydrogen) atoms. The first-order valence-corrected chi connectivity index (χ1v) is 7.50. The van der Waals surface area contributed by atoms with E-state index in [0.29, 0.717) is 16.2 Å². The highest BCUT2D eigenvalue weighted by Crippen LogP contribution is 2.17. The summed E-state index contributed by atoms with van der Waals surface area (Å²) in [6, 6.07) is 4.72. The molecule has 3 aromatic rings. The smallest absolute Gasteiger partial charge is 0.339 e. The Bertz CT molecular complexity index is 872. The predicted molar refractivity (Wildman–Crippen MR) is 82.2 cm³/mol. The van der Waals surface area contributed by atoms with Crippen molar-refractivity contribution in [3.8, 4) is 0 Å².